The van der Waals surface area contributed by atoms with Gasteiger partial charge in [-0.3, -0.25) is 9.59 Å². The number of aromatic nitrogens is 2. The Morgan fingerprint density at radius 1 is 1.13 bits per heavy atom. The smallest absolute Gasteiger partial charge is 0.291 e. The third kappa shape index (κ3) is 6.89. The molecule has 0 unspecified atom stereocenters. The van der Waals surface area contributed by atoms with Gasteiger partial charge in [-0.1, -0.05) is 0 Å². The number of rotatable bonds is 8. The Balaban J connectivity index is 2.57. The van der Waals surface area contributed by atoms with E-state index >= 15 is 0 Å². The molecule has 9 heteroatoms. The molecule has 0 saturated carbocycles. The molecule has 128 valence electrons. The second kappa shape index (κ2) is 9.39. The molecule has 0 radical (unpaired) electrons. The summed E-state index contributed by atoms with van der Waals surface area (Å²) in [5.41, 5.74) is 1.92. The first-order valence-corrected chi connectivity index (χ1v) is 8.03. The summed E-state index contributed by atoms with van der Waals surface area (Å²) < 4.78 is 24.7. The third-order valence-electron chi connectivity index (χ3n) is 3.02. The molecule has 2 amide bonds. The zero-order chi connectivity index (χ0) is 17.4. The number of nitrogens with one attached hydrogen (secondary N) is 2. The highest BCUT2D eigenvalue weighted by Gasteiger charge is 2.14. The van der Waals surface area contributed by atoms with Crippen molar-refractivity contribution < 1.29 is 18.4 Å². The Morgan fingerprint density at radius 3 is 2.26 bits per heavy atom. The van der Waals surface area contributed by atoms with Crippen LogP contribution in [0.1, 0.15) is 30.3 Å². The number of amides is 2. The predicted octanol–water partition coefficient (Wildman–Crippen LogP) is 1.59. The lowest BCUT2D eigenvalue weighted by atomic mass is 10.1. The lowest BCUT2D eigenvalue weighted by Crippen LogP contribution is -2.36. The van der Waals surface area contributed by atoms with Gasteiger partial charge in [0.05, 0.1) is 6.54 Å². The quantitative estimate of drug-likeness (QED) is 0.552. The van der Waals surface area contributed by atoms with Crippen LogP contribution in [0.5, 0.6) is 0 Å². The fourth-order valence-electron chi connectivity index (χ4n) is 1.97. The predicted molar refractivity (Wildman–Crippen MR) is 83.4 cm³/mol. The van der Waals surface area contributed by atoms with Crippen molar-refractivity contribution in [2.45, 2.75) is 44.5 Å². The molecule has 1 aromatic rings. The zero-order valence-electron chi connectivity index (χ0n) is 13.3. The van der Waals surface area contributed by atoms with Gasteiger partial charge in [-0.05, 0) is 44.5 Å². The molecule has 0 aliphatic carbocycles. The second-order valence-electron chi connectivity index (χ2n) is 4.76. The second-order valence-corrected chi connectivity index (χ2v) is 5.72. The summed E-state index contributed by atoms with van der Waals surface area (Å²) in [6.45, 7) is 5.64. The summed E-state index contributed by atoms with van der Waals surface area (Å²) in [6, 6.07) is 0. The lowest BCUT2D eigenvalue weighted by molar-refractivity contribution is -0.126. The minimum absolute atomic E-state index is 0.0273. The average molecular weight is 346 g/mol. The highest BCUT2D eigenvalue weighted by atomic mass is 32.2. The van der Waals surface area contributed by atoms with Gasteiger partial charge in [0.2, 0.25) is 11.8 Å². The van der Waals surface area contributed by atoms with Gasteiger partial charge < -0.3 is 10.6 Å². The summed E-state index contributed by atoms with van der Waals surface area (Å²) in [4.78, 5) is 31.0. The summed E-state index contributed by atoms with van der Waals surface area (Å²) in [5, 5.41) is 5.12. The molecule has 0 atom stereocenters. The molecule has 23 heavy (non-hydrogen) atoms. The van der Waals surface area contributed by atoms with Gasteiger partial charge in [-0.15, -0.1) is 0 Å². The largest absolute Gasteiger partial charge is 0.355 e. The highest BCUT2D eigenvalue weighted by molar-refractivity contribution is 7.99. The number of thioether (sulfide) groups is 1. The van der Waals surface area contributed by atoms with Crippen LogP contribution in [0, 0.1) is 13.8 Å². The molecule has 0 fully saturated rings. The van der Waals surface area contributed by atoms with Crippen molar-refractivity contribution in [2.75, 3.05) is 13.1 Å². The van der Waals surface area contributed by atoms with Gasteiger partial charge in [-0.2, -0.15) is 8.78 Å². The Morgan fingerprint density at radius 2 is 1.74 bits per heavy atom. The van der Waals surface area contributed by atoms with Crippen molar-refractivity contribution in [2.24, 2.45) is 0 Å². The maximum absolute atomic E-state index is 12.3. The first-order valence-electron chi connectivity index (χ1n) is 7.15. The molecule has 0 aromatic carbocycles. The molecule has 1 rings (SSSR count). The van der Waals surface area contributed by atoms with E-state index in [1.807, 2.05) is 0 Å². The van der Waals surface area contributed by atoms with E-state index in [1.54, 1.807) is 20.8 Å². The number of carbonyl (C=O) groups excluding carboxylic acids is 2. The van der Waals surface area contributed by atoms with Crippen LogP contribution in [0.4, 0.5) is 8.78 Å². The number of hydrogen-bond acceptors (Lipinski definition) is 5. The molecule has 0 bridgehead atoms. The van der Waals surface area contributed by atoms with Gasteiger partial charge >= 0.3 is 0 Å². The van der Waals surface area contributed by atoms with E-state index in [-0.39, 0.29) is 29.9 Å². The number of nitrogens with zero attached hydrogens (tertiary/aromatic N) is 2. The highest BCUT2D eigenvalue weighted by Crippen LogP contribution is 2.24. The van der Waals surface area contributed by atoms with Crippen LogP contribution < -0.4 is 10.6 Å². The summed E-state index contributed by atoms with van der Waals surface area (Å²) in [5.74, 6) is -3.08. The van der Waals surface area contributed by atoms with Gasteiger partial charge in [0, 0.05) is 24.4 Å². The molecule has 1 aromatic heterocycles. The molecule has 0 saturated heterocycles. The number of carbonyl (C=O) groups is 2. The van der Waals surface area contributed by atoms with Crippen LogP contribution in [-0.4, -0.2) is 40.6 Å². The van der Waals surface area contributed by atoms with Gasteiger partial charge in [0.25, 0.3) is 5.76 Å². The lowest BCUT2D eigenvalue weighted by Gasteiger charge is -2.10. The topological polar surface area (TPSA) is 84.0 Å². The summed E-state index contributed by atoms with van der Waals surface area (Å²) >= 11 is 0.297. The number of alkyl halides is 2. The Hall–Kier alpha value is -1.77. The molecular formula is C14H20F2N4O2S. The zero-order valence-corrected chi connectivity index (χ0v) is 14.1. The van der Waals surface area contributed by atoms with E-state index in [1.165, 1.54) is 0 Å². The van der Waals surface area contributed by atoms with Crippen molar-refractivity contribution in [3.8, 4) is 0 Å². The van der Waals surface area contributed by atoms with Crippen LogP contribution in [-0.2, 0) is 16.0 Å². The monoisotopic (exact) mass is 346 g/mol. The molecule has 1 heterocycles. The minimum Gasteiger partial charge on any atom is -0.355 e. The molecular weight excluding hydrogens is 326 g/mol. The average Bonchev–Trinajstić information content (AvgIpc) is 2.43. The van der Waals surface area contributed by atoms with Crippen molar-refractivity contribution in [3.05, 3.63) is 17.0 Å². The molecule has 0 aliphatic heterocycles. The first kappa shape index (κ1) is 19.3. The van der Waals surface area contributed by atoms with Gasteiger partial charge in [0.1, 0.15) is 0 Å². The fourth-order valence-corrected chi connectivity index (χ4v) is 2.51. The Bertz CT molecular complexity index is 547. The maximum atomic E-state index is 12.3. The van der Waals surface area contributed by atoms with Crippen LogP contribution in [0.15, 0.2) is 5.16 Å². The van der Waals surface area contributed by atoms with Crippen LogP contribution in [0.3, 0.4) is 0 Å². The van der Waals surface area contributed by atoms with E-state index in [0.29, 0.717) is 36.1 Å². The van der Waals surface area contributed by atoms with Crippen molar-refractivity contribution in [1.82, 2.24) is 20.6 Å². The maximum Gasteiger partial charge on any atom is 0.291 e. The summed E-state index contributed by atoms with van der Waals surface area (Å²) in [7, 11) is 0. The fraction of sp³-hybridized carbons (Fsp3) is 0.571. The van der Waals surface area contributed by atoms with E-state index in [4.69, 9.17) is 0 Å². The molecule has 2 N–H and O–H groups in total. The number of hydrogen-bond donors (Lipinski definition) is 2. The number of halogens is 2. The van der Waals surface area contributed by atoms with E-state index < -0.39 is 5.76 Å². The molecule has 0 spiro atoms. The van der Waals surface area contributed by atoms with Crippen LogP contribution >= 0.6 is 11.8 Å². The molecule has 0 aliphatic rings. The van der Waals surface area contributed by atoms with Crippen molar-refractivity contribution >= 4 is 23.6 Å². The Kier molecular flexibility index (Phi) is 7.87. The SMILES string of the molecule is CCNC(=O)CNC(=O)CCc1c(C)nc(SC(F)F)nc1C. The van der Waals surface area contributed by atoms with Crippen molar-refractivity contribution in [3.63, 3.8) is 0 Å². The van der Waals surface area contributed by atoms with Crippen molar-refractivity contribution in [1.29, 1.82) is 0 Å². The third-order valence-corrected chi connectivity index (χ3v) is 3.59. The van der Waals surface area contributed by atoms with E-state index in [9.17, 15) is 18.4 Å². The van der Waals surface area contributed by atoms with E-state index in [0.717, 1.165) is 5.56 Å². The number of aryl methyl sites for hydroxylation is 2. The minimum atomic E-state index is -2.57. The van der Waals surface area contributed by atoms with Gasteiger partial charge in [-0.25, -0.2) is 9.97 Å². The van der Waals surface area contributed by atoms with E-state index in [2.05, 4.69) is 20.6 Å². The Labute approximate surface area is 137 Å². The van der Waals surface area contributed by atoms with Gasteiger partial charge in [0.15, 0.2) is 5.16 Å². The standard InChI is InChI=1S/C14H20F2N4O2S/c1-4-17-12(22)7-18-11(21)6-5-10-8(2)19-14(20-9(10)3)23-13(15)16/h13H,4-7H2,1-3H3,(H,17,22)(H,18,21). The number of likely N-dealkylation sites (N-methyl/N-ethyl adjacent to an activating group) is 1. The van der Waals surface area contributed by atoms with Crippen LogP contribution in [0.2, 0.25) is 0 Å². The molecule has 6 nitrogen and oxygen atoms in total. The van der Waals surface area contributed by atoms with Crippen LogP contribution in [0.25, 0.3) is 0 Å². The first-order chi connectivity index (χ1) is 10.8. The normalized spacial score (nSPS) is 10.7. The summed E-state index contributed by atoms with van der Waals surface area (Å²) in [6.07, 6.45) is 0.560.